The second-order valence-electron chi connectivity index (χ2n) is 6.78. The zero-order valence-electron chi connectivity index (χ0n) is 16.8. The fraction of sp³-hybridized carbons (Fsp3) is 0.429. The van der Waals surface area contributed by atoms with Crippen molar-refractivity contribution in [3.05, 3.63) is 41.5 Å². The number of anilines is 1. The number of para-hydroxylation sites is 1. The molecule has 1 aliphatic rings. The Labute approximate surface area is 174 Å². The van der Waals surface area contributed by atoms with Crippen molar-refractivity contribution in [1.82, 2.24) is 5.32 Å². The van der Waals surface area contributed by atoms with E-state index >= 15 is 0 Å². The van der Waals surface area contributed by atoms with Gasteiger partial charge in [0.2, 0.25) is 5.91 Å². The quantitative estimate of drug-likeness (QED) is 0.382. The highest BCUT2D eigenvalue weighted by molar-refractivity contribution is 8.14. The van der Waals surface area contributed by atoms with Crippen LogP contribution in [0.25, 0.3) is 0 Å². The number of nitrogens with one attached hydrogen (secondary N) is 2. The van der Waals surface area contributed by atoms with Crippen molar-refractivity contribution in [3.8, 4) is 0 Å². The standard InChI is InChI=1S/C21H26N2O5S/c1-4-13(2)18(29-14(3)24)20(26)22-11-12-28-21(27)16-10-9-15-7-5-6-8-17(15)23-19(16)25/h5-8,10,13,18H,4,9,11-12H2,1-3H3,(H,22,26)(H,23,25)/t13-,18-/m0/s1. The first-order valence-corrected chi connectivity index (χ1v) is 10.4. The molecular weight excluding hydrogens is 392 g/mol. The zero-order valence-corrected chi connectivity index (χ0v) is 17.6. The SMILES string of the molecule is CC[C@H](C)[C@H](SC(C)=O)C(=O)NCCOC(=O)C1=CCc2ccccc2NC1=O. The van der Waals surface area contributed by atoms with Crippen molar-refractivity contribution in [1.29, 1.82) is 0 Å². The van der Waals surface area contributed by atoms with Crippen molar-refractivity contribution >= 4 is 40.3 Å². The van der Waals surface area contributed by atoms with Gasteiger partial charge in [0, 0.05) is 12.6 Å². The molecule has 0 saturated heterocycles. The van der Waals surface area contributed by atoms with E-state index in [0.29, 0.717) is 12.1 Å². The second kappa shape index (κ2) is 10.8. The van der Waals surface area contributed by atoms with Gasteiger partial charge in [0.15, 0.2) is 5.12 Å². The molecule has 1 heterocycles. The van der Waals surface area contributed by atoms with Crippen LogP contribution in [0.15, 0.2) is 35.9 Å². The zero-order chi connectivity index (χ0) is 21.4. The van der Waals surface area contributed by atoms with Crippen LogP contribution in [-0.4, -0.2) is 41.3 Å². The van der Waals surface area contributed by atoms with Crippen molar-refractivity contribution in [2.75, 3.05) is 18.5 Å². The molecule has 29 heavy (non-hydrogen) atoms. The topological polar surface area (TPSA) is 102 Å². The molecule has 7 nitrogen and oxygen atoms in total. The van der Waals surface area contributed by atoms with Crippen molar-refractivity contribution < 1.29 is 23.9 Å². The first kappa shape index (κ1) is 22.7. The molecule has 8 heteroatoms. The van der Waals surface area contributed by atoms with E-state index in [4.69, 9.17) is 4.74 Å². The minimum Gasteiger partial charge on any atom is -0.460 e. The monoisotopic (exact) mass is 418 g/mol. The lowest BCUT2D eigenvalue weighted by atomic mass is 10.0. The molecule has 0 spiro atoms. The van der Waals surface area contributed by atoms with Gasteiger partial charge in [-0.2, -0.15) is 0 Å². The molecule has 1 aliphatic heterocycles. The number of carbonyl (C=O) groups is 4. The molecule has 1 aromatic carbocycles. The molecule has 1 aromatic rings. The Hall–Kier alpha value is -2.61. The van der Waals surface area contributed by atoms with Crippen molar-refractivity contribution in [3.63, 3.8) is 0 Å². The van der Waals surface area contributed by atoms with Crippen molar-refractivity contribution in [2.45, 2.75) is 38.9 Å². The molecule has 0 aliphatic carbocycles. The highest BCUT2D eigenvalue weighted by atomic mass is 32.2. The van der Waals surface area contributed by atoms with Crippen LogP contribution in [-0.2, 0) is 30.3 Å². The van der Waals surface area contributed by atoms with Gasteiger partial charge >= 0.3 is 5.97 Å². The van der Waals surface area contributed by atoms with Crippen LogP contribution in [0.1, 0.15) is 32.8 Å². The summed E-state index contributed by atoms with van der Waals surface area (Å²) in [6, 6.07) is 7.32. The molecule has 2 rings (SSSR count). The number of thioether (sulfide) groups is 1. The lowest BCUT2D eigenvalue weighted by molar-refractivity contribution is -0.140. The summed E-state index contributed by atoms with van der Waals surface area (Å²) in [5, 5.41) is 4.79. The maximum atomic E-state index is 12.3. The van der Waals surface area contributed by atoms with Crippen LogP contribution in [0.2, 0.25) is 0 Å². The summed E-state index contributed by atoms with van der Waals surface area (Å²) in [5.74, 6) is -1.48. The molecule has 0 fully saturated rings. The van der Waals surface area contributed by atoms with Gasteiger partial charge in [-0.15, -0.1) is 0 Å². The minimum atomic E-state index is -0.735. The van der Waals surface area contributed by atoms with E-state index in [0.717, 1.165) is 23.7 Å². The number of ether oxygens (including phenoxy) is 1. The third-order valence-corrected chi connectivity index (χ3v) is 5.87. The second-order valence-corrected chi connectivity index (χ2v) is 8.09. The lowest BCUT2D eigenvalue weighted by Gasteiger charge is -2.20. The summed E-state index contributed by atoms with van der Waals surface area (Å²) < 4.78 is 5.15. The lowest BCUT2D eigenvalue weighted by Crippen LogP contribution is -2.39. The number of amides is 2. The number of allylic oxidation sites excluding steroid dienone is 1. The van der Waals surface area contributed by atoms with Crippen LogP contribution >= 0.6 is 11.8 Å². The van der Waals surface area contributed by atoms with Gasteiger partial charge in [-0.05, 0) is 24.0 Å². The Morgan fingerprint density at radius 1 is 1.28 bits per heavy atom. The number of hydrogen-bond donors (Lipinski definition) is 2. The Morgan fingerprint density at radius 2 is 2.00 bits per heavy atom. The van der Waals surface area contributed by atoms with Gasteiger partial charge in [-0.25, -0.2) is 4.79 Å². The largest absolute Gasteiger partial charge is 0.460 e. The van der Waals surface area contributed by atoms with E-state index in [1.54, 1.807) is 12.1 Å². The summed E-state index contributed by atoms with van der Waals surface area (Å²) >= 11 is 1.00. The number of esters is 1. The molecule has 2 atom stereocenters. The number of rotatable bonds is 8. The number of carbonyl (C=O) groups excluding carboxylic acids is 4. The van der Waals surface area contributed by atoms with E-state index < -0.39 is 17.1 Å². The minimum absolute atomic E-state index is 0.0351. The van der Waals surface area contributed by atoms with Gasteiger partial charge in [0.25, 0.3) is 5.91 Å². The maximum Gasteiger partial charge on any atom is 0.343 e. The molecule has 156 valence electrons. The first-order valence-electron chi connectivity index (χ1n) is 9.55. The number of fused-ring (bicyclic) bond motifs is 1. The van der Waals surface area contributed by atoms with Crippen LogP contribution in [0.4, 0.5) is 5.69 Å². The van der Waals surface area contributed by atoms with E-state index in [1.807, 2.05) is 32.0 Å². The third kappa shape index (κ3) is 6.45. The van der Waals surface area contributed by atoms with E-state index in [9.17, 15) is 19.2 Å². The molecule has 0 radical (unpaired) electrons. The summed E-state index contributed by atoms with van der Waals surface area (Å²) in [6.07, 6.45) is 2.75. The third-order valence-electron chi connectivity index (χ3n) is 4.60. The Balaban J connectivity index is 1.85. The van der Waals surface area contributed by atoms with E-state index in [-0.39, 0.29) is 35.7 Å². The maximum absolute atomic E-state index is 12.3. The fourth-order valence-electron chi connectivity index (χ4n) is 2.81. The van der Waals surface area contributed by atoms with E-state index in [1.165, 1.54) is 6.92 Å². The average molecular weight is 419 g/mol. The first-order chi connectivity index (χ1) is 13.8. The Bertz CT molecular complexity index is 821. The summed E-state index contributed by atoms with van der Waals surface area (Å²) in [4.78, 5) is 48.3. The smallest absolute Gasteiger partial charge is 0.343 e. The molecule has 0 unspecified atom stereocenters. The number of hydrogen-bond acceptors (Lipinski definition) is 6. The molecule has 0 aromatic heterocycles. The Morgan fingerprint density at radius 3 is 2.69 bits per heavy atom. The highest BCUT2D eigenvalue weighted by Crippen LogP contribution is 2.23. The van der Waals surface area contributed by atoms with Gasteiger partial charge < -0.3 is 15.4 Å². The summed E-state index contributed by atoms with van der Waals surface area (Å²) in [6.45, 7) is 5.33. The van der Waals surface area contributed by atoms with Gasteiger partial charge in [0.05, 0.1) is 11.8 Å². The average Bonchev–Trinajstić information content (AvgIpc) is 2.86. The fourth-order valence-corrected chi connectivity index (χ4v) is 3.78. The van der Waals surface area contributed by atoms with Crippen molar-refractivity contribution in [2.24, 2.45) is 5.92 Å². The van der Waals surface area contributed by atoms with Crippen LogP contribution in [0.3, 0.4) is 0 Å². The Kier molecular flexibility index (Phi) is 8.45. The molecule has 2 amide bonds. The molecule has 0 saturated carbocycles. The van der Waals surface area contributed by atoms with Gasteiger partial charge in [-0.3, -0.25) is 14.4 Å². The predicted octanol–water partition coefficient (Wildman–Crippen LogP) is 2.46. The van der Waals surface area contributed by atoms with Gasteiger partial charge in [-0.1, -0.05) is 56.3 Å². The molecular formula is C21H26N2O5S. The van der Waals surface area contributed by atoms with Crippen LogP contribution < -0.4 is 10.6 Å². The summed E-state index contributed by atoms with van der Waals surface area (Å²) in [7, 11) is 0. The molecule has 0 bridgehead atoms. The summed E-state index contributed by atoms with van der Waals surface area (Å²) in [5.41, 5.74) is 1.52. The molecule has 2 N–H and O–H groups in total. The van der Waals surface area contributed by atoms with Crippen LogP contribution in [0, 0.1) is 5.92 Å². The highest BCUT2D eigenvalue weighted by Gasteiger charge is 2.26. The van der Waals surface area contributed by atoms with Crippen LogP contribution in [0.5, 0.6) is 0 Å². The predicted molar refractivity (Wildman–Crippen MR) is 112 cm³/mol. The number of benzene rings is 1. The van der Waals surface area contributed by atoms with E-state index in [2.05, 4.69) is 10.6 Å². The van der Waals surface area contributed by atoms with Gasteiger partial charge in [0.1, 0.15) is 12.2 Å². The normalized spacial score (nSPS) is 15.1.